The summed E-state index contributed by atoms with van der Waals surface area (Å²) in [6.45, 7) is 4.84. The lowest BCUT2D eigenvalue weighted by Gasteiger charge is -2.32. The van der Waals surface area contributed by atoms with E-state index in [0.29, 0.717) is 24.8 Å². The van der Waals surface area contributed by atoms with Gasteiger partial charge >= 0.3 is 0 Å². The van der Waals surface area contributed by atoms with E-state index in [-0.39, 0.29) is 11.8 Å². The second kappa shape index (κ2) is 5.94. The molecule has 2 aliphatic rings. The summed E-state index contributed by atoms with van der Waals surface area (Å²) in [5, 5.41) is 15.8. The van der Waals surface area contributed by atoms with Gasteiger partial charge in [0.15, 0.2) is 0 Å². The van der Waals surface area contributed by atoms with E-state index >= 15 is 0 Å². The molecule has 4 heteroatoms. The minimum Gasteiger partial charge on any atom is -0.785 e. The summed E-state index contributed by atoms with van der Waals surface area (Å²) >= 11 is 0. The SMILES string of the molecule is CC(CC(=O)[C@@H]1CCCN1[O-])C1CCNCC1. The molecule has 17 heavy (non-hydrogen) atoms. The minimum atomic E-state index is -0.334. The lowest BCUT2D eigenvalue weighted by molar-refractivity contribution is -0.123. The monoisotopic (exact) mass is 239 g/mol. The van der Waals surface area contributed by atoms with E-state index in [1.54, 1.807) is 0 Å². The van der Waals surface area contributed by atoms with Gasteiger partial charge in [0.1, 0.15) is 5.78 Å². The van der Waals surface area contributed by atoms with Gasteiger partial charge in [0.2, 0.25) is 0 Å². The zero-order valence-electron chi connectivity index (χ0n) is 10.7. The molecule has 2 atom stereocenters. The molecule has 2 aliphatic heterocycles. The van der Waals surface area contributed by atoms with Crippen molar-refractivity contribution in [2.24, 2.45) is 11.8 Å². The van der Waals surface area contributed by atoms with Crippen molar-refractivity contribution < 1.29 is 4.79 Å². The molecule has 4 nitrogen and oxygen atoms in total. The summed E-state index contributed by atoms with van der Waals surface area (Å²) in [5.74, 6) is 1.25. The highest BCUT2D eigenvalue weighted by molar-refractivity contribution is 5.84. The van der Waals surface area contributed by atoms with E-state index < -0.39 is 0 Å². The highest BCUT2D eigenvalue weighted by Crippen LogP contribution is 2.27. The first-order valence-electron chi connectivity index (χ1n) is 6.85. The van der Waals surface area contributed by atoms with Crippen LogP contribution in [0.5, 0.6) is 0 Å². The number of carbonyl (C=O) groups is 1. The molecule has 2 heterocycles. The van der Waals surface area contributed by atoms with Crippen LogP contribution in [0.4, 0.5) is 0 Å². The van der Waals surface area contributed by atoms with Crippen LogP contribution in [-0.2, 0) is 4.79 Å². The molecule has 0 aromatic heterocycles. The van der Waals surface area contributed by atoms with E-state index in [2.05, 4.69) is 12.2 Å². The smallest absolute Gasteiger partial charge is 0.149 e. The van der Waals surface area contributed by atoms with Gasteiger partial charge in [-0.2, -0.15) is 0 Å². The molecule has 0 spiro atoms. The van der Waals surface area contributed by atoms with Crippen molar-refractivity contribution in [3.63, 3.8) is 0 Å². The van der Waals surface area contributed by atoms with Crippen LogP contribution in [0.2, 0.25) is 0 Å². The fraction of sp³-hybridized carbons (Fsp3) is 0.923. The van der Waals surface area contributed by atoms with Gasteiger partial charge in [0, 0.05) is 6.42 Å². The molecule has 0 aromatic rings. The number of hydrogen-bond acceptors (Lipinski definition) is 4. The fourth-order valence-corrected chi connectivity index (χ4v) is 3.10. The third-order valence-electron chi connectivity index (χ3n) is 4.29. The van der Waals surface area contributed by atoms with Crippen LogP contribution in [0.3, 0.4) is 0 Å². The van der Waals surface area contributed by atoms with Crippen molar-refractivity contribution in [1.82, 2.24) is 10.4 Å². The maximum absolute atomic E-state index is 12.1. The van der Waals surface area contributed by atoms with Gasteiger partial charge in [-0.3, -0.25) is 4.79 Å². The summed E-state index contributed by atoms with van der Waals surface area (Å²) in [4.78, 5) is 12.1. The number of nitrogens with zero attached hydrogens (tertiary/aromatic N) is 1. The van der Waals surface area contributed by atoms with Crippen molar-refractivity contribution in [3.8, 4) is 0 Å². The normalized spacial score (nSPS) is 29.4. The van der Waals surface area contributed by atoms with Gasteiger partial charge in [-0.15, -0.1) is 0 Å². The number of Topliss-reactive ketones (excluding diaryl/α,β-unsaturated/α-hetero) is 1. The Morgan fingerprint density at radius 3 is 2.71 bits per heavy atom. The third kappa shape index (κ3) is 3.27. The number of piperidine rings is 1. The maximum atomic E-state index is 12.1. The highest BCUT2D eigenvalue weighted by Gasteiger charge is 2.28. The lowest BCUT2D eigenvalue weighted by Crippen LogP contribution is -2.35. The Hall–Kier alpha value is -0.450. The van der Waals surface area contributed by atoms with Crippen LogP contribution in [0.1, 0.15) is 39.0 Å². The molecule has 2 rings (SSSR count). The van der Waals surface area contributed by atoms with E-state index in [1.807, 2.05) is 0 Å². The van der Waals surface area contributed by atoms with Crippen molar-refractivity contribution in [1.29, 1.82) is 0 Å². The highest BCUT2D eigenvalue weighted by atomic mass is 16.5. The largest absolute Gasteiger partial charge is 0.785 e. The molecular formula is C13H23N2O2-. The van der Waals surface area contributed by atoms with Crippen molar-refractivity contribution >= 4 is 5.78 Å². The van der Waals surface area contributed by atoms with Gasteiger partial charge in [0.25, 0.3) is 0 Å². The van der Waals surface area contributed by atoms with Gasteiger partial charge in [-0.25, -0.2) is 0 Å². The number of nitrogens with one attached hydrogen (secondary N) is 1. The average molecular weight is 239 g/mol. The number of rotatable bonds is 4. The minimum absolute atomic E-state index is 0.170. The average Bonchev–Trinajstić information content (AvgIpc) is 2.76. The standard InChI is InChI=1S/C13H23N2O2/c1-10(11-4-6-14-7-5-11)9-13(16)12-3-2-8-15(12)17/h10-12,14H,2-9H2,1H3/q-1/t10?,12-/m0/s1. The summed E-state index contributed by atoms with van der Waals surface area (Å²) in [5.41, 5.74) is 0. The zero-order chi connectivity index (χ0) is 12.3. The van der Waals surface area contributed by atoms with Crippen molar-refractivity contribution in [3.05, 3.63) is 5.21 Å². The summed E-state index contributed by atoms with van der Waals surface area (Å²) in [6, 6.07) is -0.334. The predicted molar refractivity (Wildman–Crippen MR) is 67.5 cm³/mol. The molecule has 1 N–H and O–H groups in total. The van der Waals surface area contributed by atoms with E-state index in [4.69, 9.17) is 0 Å². The van der Waals surface area contributed by atoms with Crippen LogP contribution in [-0.4, -0.2) is 36.5 Å². The number of carbonyl (C=O) groups excluding carboxylic acids is 1. The molecule has 2 saturated heterocycles. The lowest BCUT2D eigenvalue weighted by atomic mass is 9.82. The Balaban J connectivity index is 1.80. The van der Waals surface area contributed by atoms with Crippen molar-refractivity contribution in [2.45, 2.75) is 45.1 Å². The third-order valence-corrected chi connectivity index (χ3v) is 4.29. The maximum Gasteiger partial charge on any atom is 0.149 e. The molecule has 1 unspecified atom stereocenters. The molecule has 0 amide bonds. The molecule has 0 aliphatic carbocycles. The van der Waals surface area contributed by atoms with Gasteiger partial charge in [-0.05, 0) is 57.2 Å². The first kappa shape index (κ1) is 13.0. The molecule has 0 radical (unpaired) electrons. The quantitative estimate of drug-likeness (QED) is 0.808. The molecule has 98 valence electrons. The second-order valence-electron chi connectivity index (χ2n) is 5.53. The molecule has 2 fully saturated rings. The fourth-order valence-electron chi connectivity index (χ4n) is 3.10. The molecular weight excluding hydrogens is 216 g/mol. The Kier molecular flexibility index (Phi) is 4.54. The summed E-state index contributed by atoms with van der Waals surface area (Å²) in [7, 11) is 0. The molecule has 0 bridgehead atoms. The Labute approximate surface area is 103 Å². The molecule has 0 aromatic carbocycles. The summed E-state index contributed by atoms with van der Waals surface area (Å²) in [6.07, 6.45) is 4.57. The molecule has 0 saturated carbocycles. The number of hydrogen-bond donors (Lipinski definition) is 1. The van der Waals surface area contributed by atoms with Crippen molar-refractivity contribution in [2.75, 3.05) is 19.6 Å². The topological polar surface area (TPSA) is 55.4 Å². The summed E-state index contributed by atoms with van der Waals surface area (Å²) < 4.78 is 0. The van der Waals surface area contributed by atoms with E-state index in [1.165, 1.54) is 12.8 Å². The van der Waals surface area contributed by atoms with E-state index in [9.17, 15) is 10.0 Å². The Morgan fingerprint density at radius 2 is 2.12 bits per heavy atom. The van der Waals surface area contributed by atoms with Crippen LogP contribution < -0.4 is 5.32 Å². The Morgan fingerprint density at radius 1 is 1.41 bits per heavy atom. The van der Waals surface area contributed by atoms with Crippen LogP contribution in [0.15, 0.2) is 0 Å². The van der Waals surface area contributed by atoms with Crippen LogP contribution >= 0.6 is 0 Å². The number of hydroxylamine groups is 2. The first-order chi connectivity index (χ1) is 8.18. The van der Waals surface area contributed by atoms with Gasteiger partial charge in [0.05, 0.1) is 6.04 Å². The first-order valence-corrected chi connectivity index (χ1v) is 6.85. The van der Waals surface area contributed by atoms with E-state index in [0.717, 1.165) is 31.0 Å². The Bertz CT molecular complexity index is 264. The van der Waals surface area contributed by atoms with Crippen LogP contribution in [0, 0.1) is 17.0 Å². The van der Waals surface area contributed by atoms with Gasteiger partial charge in [-0.1, -0.05) is 6.92 Å². The van der Waals surface area contributed by atoms with Gasteiger partial charge < -0.3 is 15.6 Å². The second-order valence-corrected chi connectivity index (χ2v) is 5.53. The van der Waals surface area contributed by atoms with Crippen LogP contribution in [0.25, 0.3) is 0 Å². The predicted octanol–water partition coefficient (Wildman–Crippen LogP) is 1.54. The zero-order valence-corrected chi connectivity index (χ0v) is 10.7. The number of ketones is 1.